The summed E-state index contributed by atoms with van der Waals surface area (Å²) in [5, 5.41) is 2.73. The van der Waals surface area contributed by atoms with Crippen LogP contribution in [-0.2, 0) is 4.79 Å². The van der Waals surface area contributed by atoms with Crippen molar-refractivity contribution in [3.8, 4) is 0 Å². The molecule has 0 unspecified atom stereocenters. The fraction of sp³-hybridized carbons (Fsp3) is 0.364. The minimum absolute atomic E-state index is 0.0430. The Morgan fingerprint density at radius 2 is 2.07 bits per heavy atom. The molecule has 15 heavy (non-hydrogen) atoms. The number of nitrogens with two attached hydrogens (primary N) is 1. The smallest absolute Gasteiger partial charge is 0.221 e. The molecule has 3 nitrogen and oxygen atoms in total. The molecule has 0 saturated carbocycles. The first-order valence-corrected chi connectivity index (χ1v) is 5.91. The average molecular weight is 224 g/mol. The van der Waals surface area contributed by atoms with Crippen molar-refractivity contribution >= 4 is 23.4 Å². The number of hydrogen-bond donors (Lipinski definition) is 2. The van der Waals surface area contributed by atoms with Gasteiger partial charge in [-0.2, -0.15) is 0 Å². The Bertz CT molecular complexity index is 311. The minimum atomic E-state index is -0.0430. The molecule has 0 fully saturated rings. The third kappa shape index (κ3) is 4.85. The van der Waals surface area contributed by atoms with E-state index in [1.54, 1.807) is 11.8 Å². The molecule has 4 heteroatoms. The fourth-order valence-electron chi connectivity index (χ4n) is 1.11. The van der Waals surface area contributed by atoms with E-state index >= 15 is 0 Å². The van der Waals surface area contributed by atoms with Crippen LogP contribution < -0.4 is 11.1 Å². The maximum Gasteiger partial charge on any atom is 0.221 e. The summed E-state index contributed by atoms with van der Waals surface area (Å²) in [7, 11) is 0. The van der Waals surface area contributed by atoms with Crippen LogP contribution >= 0.6 is 11.8 Å². The minimum Gasteiger partial charge on any atom is -0.330 e. The molecule has 0 atom stereocenters. The Morgan fingerprint density at radius 1 is 1.40 bits per heavy atom. The maximum atomic E-state index is 10.8. The molecule has 1 aromatic carbocycles. The van der Waals surface area contributed by atoms with Gasteiger partial charge in [-0.15, -0.1) is 11.8 Å². The van der Waals surface area contributed by atoms with E-state index in [0.29, 0.717) is 0 Å². The topological polar surface area (TPSA) is 55.1 Å². The van der Waals surface area contributed by atoms with E-state index in [0.717, 1.165) is 24.4 Å². The molecule has 0 saturated heterocycles. The van der Waals surface area contributed by atoms with E-state index in [1.165, 1.54) is 11.8 Å². The second-order valence-corrected chi connectivity index (χ2v) is 4.36. The Hall–Kier alpha value is -1.00. The van der Waals surface area contributed by atoms with Gasteiger partial charge in [0.2, 0.25) is 5.91 Å². The van der Waals surface area contributed by atoms with Crippen LogP contribution in [0.3, 0.4) is 0 Å². The standard InChI is InChI=1S/C11H16N2OS/c1-9(14)13-10-3-5-11(6-4-10)15-8-2-7-12/h3-6H,2,7-8,12H2,1H3,(H,13,14). The summed E-state index contributed by atoms with van der Waals surface area (Å²) in [4.78, 5) is 12.0. The molecule has 0 aliphatic carbocycles. The van der Waals surface area contributed by atoms with Gasteiger partial charge in [0, 0.05) is 17.5 Å². The third-order valence-corrected chi connectivity index (χ3v) is 2.89. The average Bonchev–Trinajstić information content (AvgIpc) is 2.20. The number of carbonyl (C=O) groups excluding carboxylic acids is 1. The zero-order valence-corrected chi connectivity index (χ0v) is 9.64. The van der Waals surface area contributed by atoms with Crippen molar-refractivity contribution in [3.05, 3.63) is 24.3 Å². The first-order chi connectivity index (χ1) is 7.22. The van der Waals surface area contributed by atoms with E-state index in [4.69, 9.17) is 5.73 Å². The fourth-order valence-corrected chi connectivity index (χ4v) is 1.99. The molecule has 0 aliphatic rings. The number of amides is 1. The Kier molecular flexibility index (Phi) is 5.21. The van der Waals surface area contributed by atoms with Crippen molar-refractivity contribution in [3.63, 3.8) is 0 Å². The number of anilines is 1. The lowest BCUT2D eigenvalue weighted by Gasteiger charge is -2.03. The lowest BCUT2D eigenvalue weighted by molar-refractivity contribution is -0.114. The highest BCUT2D eigenvalue weighted by atomic mass is 32.2. The van der Waals surface area contributed by atoms with Crippen LogP contribution in [0.4, 0.5) is 5.69 Å². The van der Waals surface area contributed by atoms with E-state index in [-0.39, 0.29) is 5.91 Å². The van der Waals surface area contributed by atoms with Gasteiger partial charge in [-0.1, -0.05) is 0 Å². The molecule has 0 heterocycles. The summed E-state index contributed by atoms with van der Waals surface area (Å²) < 4.78 is 0. The van der Waals surface area contributed by atoms with Gasteiger partial charge in [0.15, 0.2) is 0 Å². The SMILES string of the molecule is CC(=O)Nc1ccc(SCCCN)cc1. The van der Waals surface area contributed by atoms with Crippen LogP contribution in [0.25, 0.3) is 0 Å². The highest BCUT2D eigenvalue weighted by Gasteiger charge is 1.96. The van der Waals surface area contributed by atoms with Crippen molar-refractivity contribution in [2.24, 2.45) is 5.73 Å². The van der Waals surface area contributed by atoms with Gasteiger partial charge in [-0.05, 0) is 43.0 Å². The first kappa shape index (κ1) is 12.1. The van der Waals surface area contributed by atoms with Crippen LogP contribution in [0.2, 0.25) is 0 Å². The van der Waals surface area contributed by atoms with Crippen molar-refractivity contribution < 1.29 is 4.79 Å². The predicted molar refractivity (Wildman–Crippen MR) is 65.1 cm³/mol. The lowest BCUT2D eigenvalue weighted by atomic mass is 10.3. The summed E-state index contributed by atoms with van der Waals surface area (Å²) >= 11 is 1.78. The largest absolute Gasteiger partial charge is 0.330 e. The lowest BCUT2D eigenvalue weighted by Crippen LogP contribution is -2.05. The Balaban J connectivity index is 2.45. The van der Waals surface area contributed by atoms with E-state index < -0.39 is 0 Å². The highest BCUT2D eigenvalue weighted by molar-refractivity contribution is 7.99. The maximum absolute atomic E-state index is 10.8. The molecule has 1 amide bonds. The monoisotopic (exact) mass is 224 g/mol. The molecule has 0 spiro atoms. The van der Waals surface area contributed by atoms with Gasteiger partial charge in [0.25, 0.3) is 0 Å². The number of thioether (sulfide) groups is 1. The van der Waals surface area contributed by atoms with Crippen LogP contribution in [0.5, 0.6) is 0 Å². The van der Waals surface area contributed by atoms with Gasteiger partial charge < -0.3 is 11.1 Å². The van der Waals surface area contributed by atoms with Crippen LogP contribution in [0.1, 0.15) is 13.3 Å². The van der Waals surface area contributed by atoms with Crippen molar-refractivity contribution in [2.45, 2.75) is 18.2 Å². The number of carbonyl (C=O) groups is 1. The summed E-state index contributed by atoms with van der Waals surface area (Å²) in [6.45, 7) is 2.24. The number of nitrogens with one attached hydrogen (secondary N) is 1. The van der Waals surface area contributed by atoms with E-state index in [2.05, 4.69) is 5.32 Å². The number of rotatable bonds is 5. The van der Waals surface area contributed by atoms with Gasteiger partial charge in [0.05, 0.1) is 0 Å². The van der Waals surface area contributed by atoms with Gasteiger partial charge in [-0.25, -0.2) is 0 Å². The van der Waals surface area contributed by atoms with Gasteiger partial charge >= 0.3 is 0 Å². The Morgan fingerprint density at radius 3 is 2.60 bits per heavy atom. The number of benzene rings is 1. The van der Waals surface area contributed by atoms with Crippen LogP contribution in [0.15, 0.2) is 29.2 Å². The molecule has 0 bridgehead atoms. The summed E-state index contributed by atoms with van der Waals surface area (Å²) in [5.74, 6) is 0.995. The zero-order chi connectivity index (χ0) is 11.1. The zero-order valence-electron chi connectivity index (χ0n) is 8.82. The van der Waals surface area contributed by atoms with Crippen LogP contribution in [0, 0.1) is 0 Å². The van der Waals surface area contributed by atoms with Crippen molar-refractivity contribution in [1.29, 1.82) is 0 Å². The van der Waals surface area contributed by atoms with Gasteiger partial charge in [0.1, 0.15) is 0 Å². The quantitative estimate of drug-likeness (QED) is 0.595. The summed E-state index contributed by atoms with van der Waals surface area (Å²) in [6, 6.07) is 7.83. The number of hydrogen-bond acceptors (Lipinski definition) is 3. The second kappa shape index (κ2) is 6.48. The highest BCUT2D eigenvalue weighted by Crippen LogP contribution is 2.20. The molecular weight excluding hydrogens is 208 g/mol. The van der Waals surface area contributed by atoms with Crippen molar-refractivity contribution in [1.82, 2.24) is 0 Å². The molecule has 0 radical (unpaired) electrons. The van der Waals surface area contributed by atoms with E-state index in [1.807, 2.05) is 24.3 Å². The molecule has 1 aromatic rings. The van der Waals surface area contributed by atoms with Crippen molar-refractivity contribution in [2.75, 3.05) is 17.6 Å². The van der Waals surface area contributed by atoms with Gasteiger partial charge in [-0.3, -0.25) is 4.79 Å². The Labute approximate surface area is 94.4 Å². The molecule has 3 N–H and O–H groups in total. The first-order valence-electron chi connectivity index (χ1n) is 4.93. The summed E-state index contributed by atoms with van der Waals surface area (Å²) in [5.41, 5.74) is 6.25. The predicted octanol–water partition coefficient (Wildman–Crippen LogP) is 2.09. The molecule has 0 aromatic heterocycles. The summed E-state index contributed by atoms with van der Waals surface area (Å²) in [6.07, 6.45) is 1.03. The normalized spacial score (nSPS) is 10.0. The second-order valence-electron chi connectivity index (χ2n) is 3.20. The molecular formula is C11H16N2OS. The van der Waals surface area contributed by atoms with Crippen LogP contribution in [-0.4, -0.2) is 18.2 Å². The third-order valence-electron chi connectivity index (χ3n) is 1.79. The molecule has 1 rings (SSSR count). The van der Waals surface area contributed by atoms with E-state index in [9.17, 15) is 4.79 Å². The molecule has 82 valence electrons. The molecule has 0 aliphatic heterocycles.